The lowest BCUT2D eigenvalue weighted by atomic mass is 10.1. The Hall–Kier alpha value is -4.65. The van der Waals surface area contributed by atoms with Gasteiger partial charge in [-0.25, -0.2) is 4.79 Å². The minimum atomic E-state index is -0.433. The summed E-state index contributed by atoms with van der Waals surface area (Å²) in [4.78, 5) is 11.1. The number of hydrogen-bond acceptors (Lipinski definition) is 7. The second-order valence-electron chi connectivity index (χ2n) is 7.43. The first kappa shape index (κ1) is 25.0. The number of rotatable bonds is 11. The molecule has 176 valence electrons. The van der Waals surface area contributed by atoms with Crippen LogP contribution in [0.25, 0.3) is 0 Å². The van der Waals surface area contributed by atoms with Crippen LogP contribution in [0, 0.1) is 6.92 Å². The molecule has 0 bridgehead atoms. The van der Waals surface area contributed by atoms with Crippen LogP contribution in [0.2, 0.25) is 0 Å². The van der Waals surface area contributed by atoms with Crippen LogP contribution in [-0.4, -0.2) is 12.6 Å². The van der Waals surface area contributed by atoms with Crippen LogP contribution in [-0.2, 0) is 16.0 Å². The van der Waals surface area contributed by atoms with E-state index in [1.807, 2.05) is 73.7 Å². The zero-order valence-electron chi connectivity index (χ0n) is 19.6. The van der Waals surface area contributed by atoms with Gasteiger partial charge in [0.05, 0.1) is 29.4 Å². The monoisotopic (exact) mass is 466 g/mol. The molecule has 0 aliphatic carbocycles. The van der Waals surface area contributed by atoms with E-state index in [1.165, 1.54) is 0 Å². The molecule has 0 spiro atoms. The zero-order chi connectivity index (χ0) is 25.0. The molecule has 0 fully saturated rings. The highest BCUT2D eigenvalue weighted by Crippen LogP contribution is 2.27. The standard InChI is InChI=1S/C28H26N4O3/c1-5-21(4)35-27-15-14-26(18-20(27)3)32-30-24-12-10-23(11-13-24)29-31-25-9-7-8-22(19-25)16-17-34-28(33)6-2/h5-15,18-19H,1-2,4,16-17H2,3H3/b31-29+,32-30+. The van der Waals surface area contributed by atoms with E-state index in [1.54, 1.807) is 6.08 Å². The molecule has 0 N–H and O–H groups in total. The fourth-order valence-corrected chi connectivity index (χ4v) is 2.91. The lowest BCUT2D eigenvalue weighted by molar-refractivity contribution is -0.137. The van der Waals surface area contributed by atoms with Gasteiger partial charge in [0, 0.05) is 12.5 Å². The fourth-order valence-electron chi connectivity index (χ4n) is 2.91. The normalized spacial score (nSPS) is 10.9. The first-order valence-electron chi connectivity index (χ1n) is 10.9. The summed E-state index contributed by atoms with van der Waals surface area (Å²) >= 11 is 0. The van der Waals surface area contributed by atoms with Gasteiger partial charge >= 0.3 is 5.97 Å². The van der Waals surface area contributed by atoms with Crippen LogP contribution < -0.4 is 4.74 Å². The lowest BCUT2D eigenvalue weighted by Gasteiger charge is -2.08. The Bertz CT molecular complexity index is 1280. The van der Waals surface area contributed by atoms with Crippen molar-refractivity contribution in [3.8, 4) is 5.75 Å². The number of esters is 1. The van der Waals surface area contributed by atoms with Crippen LogP contribution in [0.15, 0.2) is 125 Å². The number of carbonyl (C=O) groups excluding carboxylic acids is 1. The molecule has 35 heavy (non-hydrogen) atoms. The van der Waals surface area contributed by atoms with Gasteiger partial charge in [-0.15, -0.1) is 0 Å². The maximum atomic E-state index is 11.1. The summed E-state index contributed by atoms with van der Waals surface area (Å²) in [6.07, 6.45) is 3.29. The van der Waals surface area contributed by atoms with Crippen molar-refractivity contribution >= 4 is 28.7 Å². The highest BCUT2D eigenvalue weighted by atomic mass is 16.5. The predicted octanol–water partition coefficient (Wildman–Crippen LogP) is 8.18. The van der Waals surface area contributed by atoms with E-state index >= 15 is 0 Å². The van der Waals surface area contributed by atoms with Gasteiger partial charge in [0.15, 0.2) is 0 Å². The van der Waals surface area contributed by atoms with Crippen LogP contribution >= 0.6 is 0 Å². The Morgan fingerprint density at radius 2 is 1.43 bits per heavy atom. The van der Waals surface area contributed by atoms with Crippen molar-refractivity contribution in [2.24, 2.45) is 20.5 Å². The van der Waals surface area contributed by atoms with Crippen LogP contribution in [0.3, 0.4) is 0 Å². The number of nitrogens with zero attached hydrogens (tertiary/aromatic N) is 4. The molecule has 0 amide bonds. The minimum Gasteiger partial charge on any atom is -0.462 e. The van der Waals surface area contributed by atoms with E-state index in [9.17, 15) is 4.79 Å². The number of carbonyl (C=O) groups is 1. The lowest BCUT2D eigenvalue weighted by Crippen LogP contribution is -2.04. The molecule has 7 nitrogen and oxygen atoms in total. The number of allylic oxidation sites excluding steroid dienone is 1. The average molecular weight is 467 g/mol. The van der Waals surface area contributed by atoms with Crippen LogP contribution in [0.1, 0.15) is 11.1 Å². The Labute approximate surface area is 204 Å². The third kappa shape index (κ3) is 8.01. The number of azo groups is 2. The summed E-state index contributed by atoms with van der Waals surface area (Å²) in [6.45, 7) is 13.0. The molecule has 0 aromatic heterocycles. The van der Waals surface area contributed by atoms with Crippen molar-refractivity contribution in [1.29, 1.82) is 0 Å². The van der Waals surface area contributed by atoms with Gasteiger partial charge in [0.1, 0.15) is 11.5 Å². The Morgan fingerprint density at radius 1 is 0.829 bits per heavy atom. The highest BCUT2D eigenvalue weighted by molar-refractivity contribution is 5.81. The quantitative estimate of drug-likeness (QED) is 0.0939. The van der Waals surface area contributed by atoms with E-state index in [0.717, 1.165) is 17.2 Å². The summed E-state index contributed by atoms with van der Waals surface area (Å²) in [5.41, 5.74) is 4.71. The van der Waals surface area contributed by atoms with Crippen molar-refractivity contribution < 1.29 is 14.3 Å². The SMILES string of the molecule is C=CC(=C)Oc1ccc(/N=N/c2ccc(/N=N/c3cccc(CCOC(=O)C=C)c3)cc2)cc1C. The van der Waals surface area contributed by atoms with Crippen molar-refractivity contribution in [2.45, 2.75) is 13.3 Å². The molecule has 3 rings (SSSR count). The van der Waals surface area contributed by atoms with Crippen molar-refractivity contribution in [3.63, 3.8) is 0 Å². The van der Waals surface area contributed by atoms with Gasteiger partial charge in [-0.3, -0.25) is 0 Å². The average Bonchev–Trinajstić information content (AvgIpc) is 2.88. The molecule has 0 aliphatic heterocycles. The molecule has 0 saturated heterocycles. The number of aryl methyl sites for hydroxylation is 1. The Morgan fingerprint density at radius 3 is 2.03 bits per heavy atom. The van der Waals surface area contributed by atoms with Gasteiger partial charge in [0.25, 0.3) is 0 Å². The first-order chi connectivity index (χ1) is 17.0. The van der Waals surface area contributed by atoms with Crippen molar-refractivity contribution in [2.75, 3.05) is 6.61 Å². The summed E-state index contributed by atoms with van der Waals surface area (Å²) < 4.78 is 10.6. The molecule has 0 unspecified atom stereocenters. The van der Waals surface area contributed by atoms with E-state index in [4.69, 9.17) is 9.47 Å². The summed E-state index contributed by atoms with van der Waals surface area (Å²) in [6, 6.07) is 20.4. The van der Waals surface area contributed by atoms with E-state index in [0.29, 0.717) is 40.7 Å². The van der Waals surface area contributed by atoms with Crippen molar-refractivity contribution in [3.05, 3.63) is 116 Å². The van der Waals surface area contributed by atoms with Crippen LogP contribution in [0.4, 0.5) is 22.7 Å². The number of hydrogen-bond donors (Lipinski definition) is 0. The summed E-state index contributed by atoms with van der Waals surface area (Å²) in [5, 5.41) is 17.1. The van der Waals surface area contributed by atoms with Gasteiger partial charge < -0.3 is 9.47 Å². The molecule has 0 aliphatic rings. The highest BCUT2D eigenvalue weighted by Gasteiger charge is 2.03. The summed E-state index contributed by atoms with van der Waals surface area (Å²) in [7, 11) is 0. The Balaban J connectivity index is 1.59. The predicted molar refractivity (Wildman–Crippen MR) is 137 cm³/mol. The van der Waals surface area contributed by atoms with Gasteiger partial charge in [-0.1, -0.05) is 31.9 Å². The zero-order valence-corrected chi connectivity index (χ0v) is 19.6. The third-order valence-corrected chi connectivity index (χ3v) is 4.75. The molecule has 7 heteroatoms. The largest absolute Gasteiger partial charge is 0.462 e. The second-order valence-corrected chi connectivity index (χ2v) is 7.43. The maximum absolute atomic E-state index is 11.1. The maximum Gasteiger partial charge on any atom is 0.330 e. The number of benzene rings is 3. The molecular weight excluding hydrogens is 440 g/mol. The molecule has 3 aromatic carbocycles. The molecule has 0 atom stereocenters. The van der Waals surface area contributed by atoms with Crippen molar-refractivity contribution in [1.82, 2.24) is 0 Å². The molecule has 3 aromatic rings. The third-order valence-electron chi connectivity index (χ3n) is 4.75. The van der Waals surface area contributed by atoms with Gasteiger partial charge in [-0.2, -0.15) is 20.5 Å². The molecule has 0 saturated carbocycles. The van der Waals surface area contributed by atoms with E-state index in [2.05, 4.69) is 40.2 Å². The molecular formula is C28H26N4O3. The second kappa shape index (κ2) is 12.6. The Kier molecular flexibility index (Phi) is 8.96. The van der Waals surface area contributed by atoms with E-state index < -0.39 is 5.97 Å². The molecule has 0 heterocycles. The fraction of sp³-hybridized carbons (Fsp3) is 0.107. The number of ether oxygens (including phenoxy) is 2. The van der Waals surface area contributed by atoms with E-state index in [-0.39, 0.29) is 6.61 Å². The van der Waals surface area contributed by atoms with Gasteiger partial charge in [-0.05, 0) is 78.7 Å². The summed E-state index contributed by atoms with van der Waals surface area (Å²) in [5.74, 6) is 0.751. The molecule has 0 radical (unpaired) electrons. The topological polar surface area (TPSA) is 85.0 Å². The van der Waals surface area contributed by atoms with Gasteiger partial charge in [0.2, 0.25) is 0 Å². The van der Waals surface area contributed by atoms with Crippen LogP contribution in [0.5, 0.6) is 5.75 Å². The smallest absolute Gasteiger partial charge is 0.330 e. The first-order valence-corrected chi connectivity index (χ1v) is 10.9. The minimum absolute atomic E-state index is 0.282.